The van der Waals surface area contributed by atoms with E-state index in [1.54, 1.807) is 0 Å². The van der Waals surface area contributed by atoms with E-state index in [2.05, 4.69) is 0 Å². The molecule has 4 heteroatoms. The van der Waals surface area contributed by atoms with Crippen LogP contribution in [0.4, 0.5) is 0 Å². The SMILES string of the molecule is OCC[C@H]1C[C@@H](O)[C@H](O)[C@H]1O. The summed E-state index contributed by atoms with van der Waals surface area (Å²) in [5, 5.41) is 35.9. The van der Waals surface area contributed by atoms with Gasteiger partial charge in [0.15, 0.2) is 0 Å². The van der Waals surface area contributed by atoms with Crippen molar-refractivity contribution in [3.63, 3.8) is 0 Å². The van der Waals surface area contributed by atoms with Gasteiger partial charge in [-0.05, 0) is 18.8 Å². The van der Waals surface area contributed by atoms with Crippen LogP contribution in [0.15, 0.2) is 0 Å². The molecule has 1 aliphatic carbocycles. The van der Waals surface area contributed by atoms with Crippen LogP contribution in [0.3, 0.4) is 0 Å². The highest BCUT2D eigenvalue weighted by Crippen LogP contribution is 2.28. The first-order valence-electron chi connectivity index (χ1n) is 3.82. The molecule has 1 fully saturated rings. The van der Waals surface area contributed by atoms with E-state index in [4.69, 9.17) is 15.3 Å². The van der Waals surface area contributed by atoms with Gasteiger partial charge in [-0.25, -0.2) is 0 Å². The molecule has 4 nitrogen and oxygen atoms in total. The van der Waals surface area contributed by atoms with E-state index in [-0.39, 0.29) is 12.5 Å². The third-order valence-corrected chi connectivity index (χ3v) is 2.27. The molecule has 1 saturated carbocycles. The first-order valence-corrected chi connectivity index (χ1v) is 3.82. The van der Waals surface area contributed by atoms with Gasteiger partial charge in [0.25, 0.3) is 0 Å². The molecule has 0 aromatic heterocycles. The highest BCUT2D eigenvalue weighted by molar-refractivity contribution is 4.90. The van der Waals surface area contributed by atoms with Gasteiger partial charge in [0.1, 0.15) is 6.10 Å². The van der Waals surface area contributed by atoms with E-state index in [9.17, 15) is 5.11 Å². The van der Waals surface area contributed by atoms with Crippen molar-refractivity contribution in [3.05, 3.63) is 0 Å². The smallest absolute Gasteiger partial charge is 0.106 e. The van der Waals surface area contributed by atoms with Crippen LogP contribution in [0, 0.1) is 5.92 Å². The van der Waals surface area contributed by atoms with Gasteiger partial charge in [-0.15, -0.1) is 0 Å². The molecule has 0 heterocycles. The molecule has 0 aliphatic heterocycles. The number of hydrogen-bond donors (Lipinski definition) is 4. The predicted octanol–water partition coefficient (Wildman–Crippen LogP) is -1.53. The molecule has 0 spiro atoms. The van der Waals surface area contributed by atoms with Crippen molar-refractivity contribution in [2.45, 2.75) is 31.2 Å². The topological polar surface area (TPSA) is 80.9 Å². The normalized spacial score (nSPS) is 44.7. The number of aliphatic hydroxyl groups excluding tert-OH is 4. The zero-order chi connectivity index (χ0) is 8.43. The van der Waals surface area contributed by atoms with Crippen molar-refractivity contribution in [3.8, 4) is 0 Å². The minimum absolute atomic E-state index is 0.0127. The van der Waals surface area contributed by atoms with Gasteiger partial charge in [0.05, 0.1) is 12.2 Å². The Morgan fingerprint density at radius 3 is 2.09 bits per heavy atom. The average molecular weight is 162 g/mol. The first kappa shape index (κ1) is 8.93. The summed E-state index contributed by atoms with van der Waals surface area (Å²) >= 11 is 0. The fourth-order valence-electron chi connectivity index (χ4n) is 1.55. The highest BCUT2D eigenvalue weighted by Gasteiger charge is 2.39. The lowest BCUT2D eigenvalue weighted by Crippen LogP contribution is -2.30. The van der Waals surface area contributed by atoms with E-state index in [0.29, 0.717) is 12.8 Å². The Kier molecular flexibility index (Phi) is 2.84. The minimum atomic E-state index is -1.04. The van der Waals surface area contributed by atoms with Crippen LogP contribution in [0.1, 0.15) is 12.8 Å². The first-order chi connectivity index (χ1) is 5.16. The third kappa shape index (κ3) is 1.70. The van der Waals surface area contributed by atoms with E-state index < -0.39 is 18.3 Å². The standard InChI is InChI=1S/C7H14O4/c8-2-1-4-3-5(9)7(11)6(4)10/h4-11H,1-3H2/t4-,5+,6-,7-/m0/s1. The molecule has 0 unspecified atom stereocenters. The molecule has 1 aliphatic rings. The second-order valence-electron chi connectivity index (χ2n) is 3.06. The Morgan fingerprint density at radius 2 is 1.73 bits per heavy atom. The minimum Gasteiger partial charge on any atom is -0.396 e. The molecular formula is C7H14O4. The second kappa shape index (κ2) is 3.49. The molecule has 1 rings (SSSR count). The van der Waals surface area contributed by atoms with Crippen LogP contribution in [0.5, 0.6) is 0 Å². The molecule has 0 amide bonds. The largest absolute Gasteiger partial charge is 0.396 e. The lowest BCUT2D eigenvalue weighted by atomic mass is 10.0. The molecule has 4 atom stereocenters. The fraction of sp³-hybridized carbons (Fsp3) is 1.00. The number of rotatable bonds is 2. The van der Waals surface area contributed by atoms with Gasteiger partial charge >= 0.3 is 0 Å². The Balaban J connectivity index is 2.45. The Hall–Kier alpha value is -0.160. The summed E-state index contributed by atoms with van der Waals surface area (Å²) in [4.78, 5) is 0. The van der Waals surface area contributed by atoms with Crippen LogP contribution in [0.25, 0.3) is 0 Å². The van der Waals surface area contributed by atoms with Gasteiger partial charge in [0.2, 0.25) is 0 Å². The molecule has 0 saturated heterocycles. The monoisotopic (exact) mass is 162 g/mol. The maximum Gasteiger partial charge on any atom is 0.106 e. The van der Waals surface area contributed by atoms with Crippen molar-refractivity contribution in [1.29, 1.82) is 0 Å². The third-order valence-electron chi connectivity index (χ3n) is 2.27. The molecule has 11 heavy (non-hydrogen) atoms. The van der Waals surface area contributed by atoms with Gasteiger partial charge in [-0.3, -0.25) is 0 Å². The van der Waals surface area contributed by atoms with Crippen LogP contribution in [-0.4, -0.2) is 45.3 Å². The molecule has 0 bridgehead atoms. The lowest BCUT2D eigenvalue weighted by Gasteiger charge is -2.14. The van der Waals surface area contributed by atoms with Crippen molar-refractivity contribution >= 4 is 0 Å². The second-order valence-corrected chi connectivity index (χ2v) is 3.06. The summed E-state index contributed by atoms with van der Waals surface area (Å²) < 4.78 is 0. The summed E-state index contributed by atoms with van der Waals surface area (Å²) in [6, 6.07) is 0. The Bertz CT molecular complexity index is 128. The van der Waals surface area contributed by atoms with Gasteiger partial charge in [-0.1, -0.05) is 0 Å². The zero-order valence-corrected chi connectivity index (χ0v) is 6.22. The lowest BCUT2D eigenvalue weighted by molar-refractivity contribution is -0.0274. The fourth-order valence-corrected chi connectivity index (χ4v) is 1.55. The van der Waals surface area contributed by atoms with Crippen molar-refractivity contribution in [2.24, 2.45) is 5.92 Å². The molecule has 4 N–H and O–H groups in total. The van der Waals surface area contributed by atoms with E-state index >= 15 is 0 Å². The molecule has 0 aromatic rings. The van der Waals surface area contributed by atoms with Crippen LogP contribution < -0.4 is 0 Å². The molecule has 66 valence electrons. The number of aliphatic hydroxyl groups is 4. The summed E-state index contributed by atoms with van der Waals surface area (Å²) in [6.07, 6.45) is -1.93. The summed E-state index contributed by atoms with van der Waals surface area (Å²) in [6.45, 7) is -0.0127. The highest BCUT2D eigenvalue weighted by atomic mass is 16.4. The van der Waals surface area contributed by atoms with Crippen molar-refractivity contribution in [1.82, 2.24) is 0 Å². The Morgan fingerprint density at radius 1 is 1.09 bits per heavy atom. The van der Waals surface area contributed by atoms with Crippen LogP contribution in [-0.2, 0) is 0 Å². The Labute approximate surface area is 65.1 Å². The van der Waals surface area contributed by atoms with Crippen LogP contribution >= 0.6 is 0 Å². The molecule has 0 aromatic carbocycles. The van der Waals surface area contributed by atoms with Gasteiger partial charge < -0.3 is 20.4 Å². The molecular weight excluding hydrogens is 148 g/mol. The van der Waals surface area contributed by atoms with Crippen LogP contribution in [0.2, 0.25) is 0 Å². The molecule has 0 radical (unpaired) electrons. The quantitative estimate of drug-likeness (QED) is 0.397. The van der Waals surface area contributed by atoms with Crippen molar-refractivity contribution < 1.29 is 20.4 Å². The summed E-state index contributed by atoms with van der Waals surface area (Å²) in [5.74, 6) is -0.162. The zero-order valence-electron chi connectivity index (χ0n) is 6.22. The van der Waals surface area contributed by atoms with Gasteiger partial charge in [0, 0.05) is 6.61 Å². The maximum atomic E-state index is 9.24. The van der Waals surface area contributed by atoms with Crippen molar-refractivity contribution in [2.75, 3.05) is 6.61 Å². The average Bonchev–Trinajstić information content (AvgIpc) is 2.19. The van der Waals surface area contributed by atoms with Gasteiger partial charge in [-0.2, -0.15) is 0 Å². The maximum absolute atomic E-state index is 9.24. The summed E-state index contributed by atoms with van der Waals surface area (Å²) in [7, 11) is 0. The van der Waals surface area contributed by atoms with E-state index in [0.717, 1.165) is 0 Å². The predicted molar refractivity (Wildman–Crippen MR) is 37.8 cm³/mol. The number of hydrogen-bond acceptors (Lipinski definition) is 4. The van der Waals surface area contributed by atoms with E-state index in [1.807, 2.05) is 0 Å². The van der Waals surface area contributed by atoms with E-state index in [1.165, 1.54) is 0 Å². The summed E-state index contributed by atoms with van der Waals surface area (Å²) in [5.41, 5.74) is 0.